The first-order valence-electron chi connectivity index (χ1n) is 17.6. The first-order valence-corrected chi connectivity index (χ1v) is 17.6. The van der Waals surface area contributed by atoms with Crippen molar-refractivity contribution in [2.75, 3.05) is 5.43 Å². The second kappa shape index (κ2) is 13.8. The van der Waals surface area contributed by atoms with Gasteiger partial charge in [-0.15, -0.1) is 0 Å². The predicted octanol–water partition coefficient (Wildman–Crippen LogP) is 13.3. The Kier molecular flexibility index (Phi) is 9.58. The lowest BCUT2D eigenvalue weighted by Gasteiger charge is -2.25. The first-order chi connectivity index (χ1) is 23.1. The van der Waals surface area contributed by atoms with E-state index in [1.165, 1.54) is 55.3 Å². The Morgan fingerprint density at radius 3 is 1.12 bits per heavy atom. The average Bonchev–Trinajstić information content (AvgIpc) is 3.10. The Balaban J connectivity index is 1.79. The third-order valence-corrected chi connectivity index (χ3v) is 9.96. The molecule has 0 aliphatic heterocycles. The van der Waals surface area contributed by atoms with E-state index >= 15 is 0 Å². The van der Waals surface area contributed by atoms with Gasteiger partial charge in [-0.3, -0.25) is 5.84 Å². The summed E-state index contributed by atoms with van der Waals surface area (Å²) in [5, 5.41) is 2.41. The molecule has 6 rings (SSSR count). The molecule has 0 saturated carbocycles. The van der Waals surface area contributed by atoms with Crippen molar-refractivity contribution < 1.29 is 0 Å². The number of benzene rings is 6. The number of anilines is 1. The van der Waals surface area contributed by atoms with Gasteiger partial charge in [0.05, 0.1) is 5.69 Å². The highest BCUT2D eigenvalue weighted by Crippen LogP contribution is 2.52. The summed E-state index contributed by atoms with van der Waals surface area (Å²) < 4.78 is 0. The van der Waals surface area contributed by atoms with Crippen LogP contribution in [0, 0.1) is 0 Å². The Bertz CT molecular complexity index is 2010. The number of nitrogens with two attached hydrogens (primary N) is 1. The summed E-state index contributed by atoms with van der Waals surface area (Å²) in [6, 6.07) is 43.2. The van der Waals surface area contributed by atoms with Crippen molar-refractivity contribution in [1.29, 1.82) is 0 Å². The highest BCUT2D eigenvalue weighted by atomic mass is 15.2. The van der Waals surface area contributed by atoms with Gasteiger partial charge in [-0.05, 0) is 84.5 Å². The minimum atomic E-state index is 0.446. The second-order valence-electron chi connectivity index (χ2n) is 14.5. The van der Waals surface area contributed by atoms with Crippen LogP contribution in [-0.2, 0) is 0 Å². The number of hydrazine groups is 1. The zero-order chi connectivity index (χ0) is 34.1. The van der Waals surface area contributed by atoms with E-state index < -0.39 is 0 Å². The summed E-state index contributed by atoms with van der Waals surface area (Å²) in [4.78, 5) is 0. The highest BCUT2D eigenvalue weighted by Gasteiger charge is 2.25. The minimum Gasteiger partial charge on any atom is -0.323 e. The molecule has 0 heterocycles. The molecule has 0 aromatic heterocycles. The van der Waals surface area contributed by atoms with E-state index in [-0.39, 0.29) is 0 Å². The van der Waals surface area contributed by atoms with Crippen LogP contribution in [0.15, 0.2) is 115 Å². The first kappa shape index (κ1) is 33.2. The van der Waals surface area contributed by atoms with Crippen LogP contribution in [0.4, 0.5) is 5.69 Å². The van der Waals surface area contributed by atoms with E-state index in [1.807, 2.05) is 0 Å². The van der Waals surface area contributed by atoms with E-state index in [2.05, 4.69) is 176 Å². The zero-order valence-corrected chi connectivity index (χ0v) is 29.9. The predicted molar refractivity (Wildman–Crippen MR) is 210 cm³/mol. The van der Waals surface area contributed by atoms with Crippen molar-refractivity contribution in [2.24, 2.45) is 5.84 Å². The van der Waals surface area contributed by atoms with Gasteiger partial charge in [-0.2, -0.15) is 0 Å². The van der Waals surface area contributed by atoms with Crippen LogP contribution < -0.4 is 11.3 Å². The SMILES string of the molecule is CC(C)c1ccc(-c2c(NN)c(-c3ccc(C(C)C)cc3)c3cccc(-c4ccc(C(C)C)cc4)c3c2-c2ccc(C(C)C)cc2)cc1. The van der Waals surface area contributed by atoms with Gasteiger partial charge in [-0.1, -0.05) is 171 Å². The van der Waals surface area contributed by atoms with Gasteiger partial charge in [0.1, 0.15) is 0 Å². The van der Waals surface area contributed by atoms with E-state index in [9.17, 15) is 0 Å². The smallest absolute Gasteiger partial charge is 0.0654 e. The van der Waals surface area contributed by atoms with Crippen molar-refractivity contribution in [3.05, 3.63) is 138 Å². The summed E-state index contributed by atoms with van der Waals surface area (Å²) in [6.07, 6.45) is 0. The maximum absolute atomic E-state index is 6.63. The maximum Gasteiger partial charge on any atom is 0.0654 e. The lowest BCUT2D eigenvalue weighted by atomic mass is 9.80. The molecule has 6 aromatic carbocycles. The molecule has 0 fully saturated rings. The summed E-state index contributed by atoms with van der Waals surface area (Å²) in [5.74, 6) is 8.45. The van der Waals surface area contributed by atoms with Crippen LogP contribution in [-0.4, -0.2) is 0 Å². The summed E-state index contributed by atoms with van der Waals surface area (Å²) in [7, 11) is 0. The fraction of sp³-hybridized carbons (Fsp3) is 0.261. The van der Waals surface area contributed by atoms with Crippen LogP contribution in [0.1, 0.15) is 101 Å². The number of rotatable bonds is 9. The molecule has 2 heteroatoms. The molecule has 2 nitrogen and oxygen atoms in total. The number of nitrogen functional groups attached to an aromatic ring is 1. The molecule has 0 aliphatic rings. The maximum atomic E-state index is 6.63. The lowest BCUT2D eigenvalue weighted by Crippen LogP contribution is -2.11. The van der Waals surface area contributed by atoms with Crippen LogP contribution in [0.2, 0.25) is 0 Å². The molecule has 0 saturated heterocycles. The third-order valence-electron chi connectivity index (χ3n) is 9.96. The molecule has 0 atom stereocenters. The Labute approximate surface area is 288 Å². The van der Waals surface area contributed by atoms with Crippen molar-refractivity contribution in [3.63, 3.8) is 0 Å². The van der Waals surface area contributed by atoms with E-state index in [1.54, 1.807) is 0 Å². The van der Waals surface area contributed by atoms with Gasteiger partial charge in [-0.25, -0.2) is 0 Å². The van der Waals surface area contributed by atoms with E-state index in [4.69, 9.17) is 5.84 Å². The molecule has 6 aromatic rings. The van der Waals surface area contributed by atoms with Gasteiger partial charge in [0, 0.05) is 16.7 Å². The highest BCUT2D eigenvalue weighted by molar-refractivity contribution is 6.21. The summed E-state index contributed by atoms with van der Waals surface area (Å²) in [6.45, 7) is 18.0. The van der Waals surface area contributed by atoms with Crippen molar-refractivity contribution in [2.45, 2.75) is 79.1 Å². The van der Waals surface area contributed by atoms with Gasteiger partial charge in [0.25, 0.3) is 0 Å². The van der Waals surface area contributed by atoms with Crippen molar-refractivity contribution >= 4 is 16.5 Å². The van der Waals surface area contributed by atoms with Gasteiger partial charge >= 0.3 is 0 Å². The molecule has 48 heavy (non-hydrogen) atoms. The number of hydrogen-bond acceptors (Lipinski definition) is 2. The van der Waals surface area contributed by atoms with E-state index in [0.29, 0.717) is 23.7 Å². The molecule has 0 spiro atoms. The third kappa shape index (κ3) is 6.30. The fourth-order valence-electron chi connectivity index (χ4n) is 6.95. The van der Waals surface area contributed by atoms with E-state index in [0.717, 1.165) is 27.9 Å². The van der Waals surface area contributed by atoms with Crippen molar-refractivity contribution in [1.82, 2.24) is 0 Å². The number of hydrogen-bond donors (Lipinski definition) is 2. The standard InChI is InChI=1S/C46H50N2/c1-28(2)32-12-20-36(21-13-32)40-10-9-11-41-42(37-22-14-33(15-23-37)29(3)4)46(48-47)44(39-26-18-35(19-27-39)31(7)8)43(45(40)41)38-24-16-34(17-25-38)30(5)6/h9-31,48H,47H2,1-8H3. The topological polar surface area (TPSA) is 38.0 Å². The molecule has 3 N–H and O–H groups in total. The Morgan fingerprint density at radius 2 is 0.750 bits per heavy atom. The molecule has 0 amide bonds. The van der Waals surface area contributed by atoms with Gasteiger partial charge < -0.3 is 5.43 Å². The molecular weight excluding hydrogens is 581 g/mol. The van der Waals surface area contributed by atoms with Crippen LogP contribution >= 0.6 is 0 Å². The second-order valence-corrected chi connectivity index (χ2v) is 14.5. The molecule has 0 bridgehead atoms. The Hall–Kier alpha value is -4.66. The van der Waals surface area contributed by atoms with Gasteiger partial charge in [0.15, 0.2) is 0 Å². The molecule has 0 unspecified atom stereocenters. The summed E-state index contributed by atoms with van der Waals surface area (Å²) >= 11 is 0. The lowest BCUT2D eigenvalue weighted by molar-refractivity contribution is 0.867. The Morgan fingerprint density at radius 1 is 0.396 bits per heavy atom. The monoisotopic (exact) mass is 630 g/mol. The van der Waals surface area contributed by atoms with Crippen LogP contribution in [0.5, 0.6) is 0 Å². The number of nitrogens with one attached hydrogen (secondary N) is 1. The zero-order valence-electron chi connectivity index (χ0n) is 29.9. The average molecular weight is 631 g/mol. The molecule has 244 valence electrons. The molecular formula is C46H50N2. The minimum absolute atomic E-state index is 0.446. The quantitative estimate of drug-likeness (QED) is 0.123. The summed E-state index contributed by atoms with van der Waals surface area (Å²) in [5.41, 5.74) is 18.8. The fourth-order valence-corrected chi connectivity index (χ4v) is 6.95. The van der Waals surface area contributed by atoms with Crippen LogP contribution in [0.25, 0.3) is 55.3 Å². The molecule has 0 aliphatic carbocycles. The van der Waals surface area contributed by atoms with Crippen LogP contribution in [0.3, 0.4) is 0 Å². The van der Waals surface area contributed by atoms with Crippen molar-refractivity contribution in [3.8, 4) is 44.5 Å². The largest absolute Gasteiger partial charge is 0.323 e. The number of fused-ring (bicyclic) bond motifs is 1. The normalized spacial score (nSPS) is 11.8. The van der Waals surface area contributed by atoms with Gasteiger partial charge in [0.2, 0.25) is 0 Å². The molecule has 0 radical (unpaired) electrons.